The summed E-state index contributed by atoms with van der Waals surface area (Å²) in [5.41, 5.74) is 4.85. The summed E-state index contributed by atoms with van der Waals surface area (Å²) in [6, 6.07) is 9.62. The van der Waals surface area contributed by atoms with Crippen molar-refractivity contribution >= 4 is 39.1 Å². The van der Waals surface area contributed by atoms with Gasteiger partial charge in [-0.05, 0) is 56.9 Å². The largest absolute Gasteiger partial charge is 0.497 e. The van der Waals surface area contributed by atoms with E-state index in [1.165, 1.54) is 22.2 Å². The van der Waals surface area contributed by atoms with Gasteiger partial charge in [0.15, 0.2) is 5.16 Å². The van der Waals surface area contributed by atoms with E-state index in [0.29, 0.717) is 22.4 Å². The summed E-state index contributed by atoms with van der Waals surface area (Å²) in [5, 5.41) is 1.43. The number of aromatic nitrogens is 5. The predicted molar refractivity (Wildman–Crippen MR) is 136 cm³/mol. The second-order valence-electron chi connectivity index (χ2n) is 8.50. The third-order valence-corrected chi connectivity index (χ3v) is 8.34. The van der Waals surface area contributed by atoms with Crippen molar-refractivity contribution < 1.29 is 4.74 Å². The average Bonchev–Trinajstić information content (AvgIpc) is 3.52. The Hall–Kier alpha value is -3.17. The molecular weight excluding hydrogens is 466 g/mol. The molecule has 172 valence electrons. The summed E-state index contributed by atoms with van der Waals surface area (Å²) in [6.07, 6.45) is 5.09. The van der Waals surface area contributed by atoms with Gasteiger partial charge in [-0.3, -0.25) is 13.8 Å². The van der Waals surface area contributed by atoms with Crippen molar-refractivity contribution in [3.63, 3.8) is 0 Å². The first-order valence-electron chi connectivity index (χ1n) is 11.2. The zero-order valence-electron chi connectivity index (χ0n) is 19.2. The summed E-state index contributed by atoms with van der Waals surface area (Å²) in [7, 11) is 1.63. The third kappa shape index (κ3) is 3.50. The lowest BCUT2D eigenvalue weighted by Crippen LogP contribution is -2.22. The first-order chi connectivity index (χ1) is 16.5. The van der Waals surface area contributed by atoms with Crippen molar-refractivity contribution in [2.75, 3.05) is 7.11 Å². The molecule has 0 saturated heterocycles. The second kappa shape index (κ2) is 8.25. The molecule has 0 aliphatic heterocycles. The fourth-order valence-corrected chi connectivity index (χ4v) is 6.82. The van der Waals surface area contributed by atoms with Gasteiger partial charge < -0.3 is 4.74 Å². The van der Waals surface area contributed by atoms with Gasteiger partial charge in [-0.1, -0.05) is 17.8 Å². The molecule has 1 aromatic carbocycles. The van der Waals surface area contributed by atoms with E-state index in [-0.39, 0.29) is 5.56 Å². The standard InChI is InChI=1S/C25H23N5O2S2/c1-14-10-15(2)29-12-16(27-24(29)26-14)13-33-25-28-22-21(19-8-5-9-20(19)34-22)23(31)30(25)17-6-4-7-18(11-17)32-3/h4,6-7,10-12H,5,8-9,13H2,1-3H3. The molecule has 1 aliphatic rings. The van der Waals surface area contributed by atoms with E-state index in [9.17, 15) is 4.79 Å². The highest BCUT2D eigenvalue weighted by Gasteiger charge is 2.24. The first-order valence-corrected chi connectivity index (χ1v) is 13.0. The van der Waals surface area contributed by atoms with Crippen LogP contribution in [0.3, 0.4) is 0 Å². The quantitative estimate of drug-likeness (QED) is 0.258. The number of hydrogen-bond donors (Lipinski definition) is 0. The number of benzene rings is 1. The summed E-state index contributed by atoms with van der Waals surface area (Å²) in [4.78, 5) is 30.2. The van der Waals surface area contributed by atoms with Crippen LogP contribution in [0.15, 0.2) is 46.5 Å². The van der Waals surface area contributed by atoms with E-state index in [0.717, 1.165) is 52.2 Å². The van der Waals surface area contributed by atoms with Gasteiger partial charge in [-0.2, -0.15) is 0 Å². The highest BCUT2D eigenvalue weighted by Crippen LogP contribution is 2.36. The van der Waals surface area contributed by atoms with Crippen LogP contribution in [0.2, 0.25) is 0 Å². The van der Waals surface area contributed by atoms with Crippen LogP contribution >= 0.6 is 23.1 Å². The molecule has 0 radical (unpaired) electrons. The Morgan fingerprint density at radius 2 is 2.03 bits per heavy atom. The van der Waals surface area contributed by atoms with Crippen LogP contribution in [0.5, 0.6) is 5.75 Å². The second-order valence-corrected chi connectivity index (χ2v) is 10.5. The molecule has 0 fully saturated rings. The molecule has 0 amide bonds. The summed E-state index contributed by atoms with van der Waals surface area (Å²) < 4.78 is 9.15. The number of fused-ring (bicyclic) bond motifs is 4. The van der Waals surface area contributed by atoms with Crippen LogP contribution in [0, 0.1) is 13.8 Å². The number of ether oxygens (including phenoxy) is 1. The predicted octanol–water partition coefficient (Wildman–Crippen LogP) is 4.90. The van der Waals surface area contributed by atoms with Crippen molar-refractivity contribution in [1.82, 2.24) is 23.9 Å². The number of hydrogen-bond acceptors (Lipinski definition) is 7. The Morgan fingerprint density at radius 1 is 1.15 bits per heavy atom. The molecular formula is C25H23N5O2S2. The number of thiophene rings is 1. The number of rotatable bonds is 5. The molecule has 1 aliphatic carbocycles. The zero-order chi connectivity index (χ0) is 23.4. The Bertz CT molecular complexity index is 1630. The van der Waals surface area contributed by atoms with Gasteiger partial charge in [0.2, 0.25) is 5.78 Å². The smallest absolute Gasteiger partial charge is 0.267 e. The molecule has 5 aromatic rings. The lowest BCUT2D eigenvalue weighted by molar-refractivity contribution is 0.414. The van der Waals surface area contributed by atoms with Crippen molar-refractivity contribution in [3.05, 3.63) is 74.4 Å². The van der Waals surface area contributed by atoms with Crippen LogP contribution < -0.4 is 10.3 Å². The van der Waals surface area contributed by atoms with Crippen LogP contribution in [0.4, 0.5) is 0 Å². The zero-order valence-corrected chi connectivity index (χ0v) is 20.8. The van der Waals surface area contributed by atoms with Crippen molar-refractivity contribution in [1.29, 1.82) is 0 Å². The van der Waals surface area contributed by atoms with Gasteiger partial charge in [0, 0.05) is 34.3 Å². The van der Waals surface area contributed by atoms with Crippen molar-refractivity contribution in [2.24, 2.45) is 0 Å². The number of thioether (sulfide) groups is 1. The molecule has 0 unspecified atom stereocenters. The molecule has 6 rings (SSSR count). The molecule has 0 spiro atoms. The van der Waals surface area contributed by atoms with Crippen LogP contribution in [-0.2, 0) is 18.6 Å². The third-order valence-electron chi connectivity index (χ3n) is 6.18. The normalized spacial score (nSPS) is 13.1. The first kappa shape index (κ1) is 21.4. The fourth-order valence-electron chi connectivity index (χ4n) is 4.63. The molecule has 4 aromatic heterocycles. The van der Waals surface area contributed by atoms with Gasteiger partial charge >= 0.3 is 0 Å². The molecule has 0 saturated carbocycles. The van der Waals surface area contributed by atoms with E-state index in [1.807, 2.05) is 54.8 Å². The van der Waals surface area contributed by atoms with Crippen LogP contribution in [0.25, 0.3) is 21.7 Å². The van der Waals surface area contributed by atoms with E-state index < -0.39 is 0 Å². The molecule has 34 heavy (non-hydrogen) atoms. The number of imidazole rings is 1. The van der Waals surface area contributed by atoms with Gasteiger partial charge in [0.25, 0.3) is 5.56 Å². The maximum absolute atomic E-state index is 13.9. The average molecular weight is 490 g/mol. The molecule has 4 heterocycles. The van der Waals surface area contributed by atoms with Crippen LogP contribution in [-0.4, -0.2) is 31.0 Å². The number of methoxy groups -OCH3 is 1. The lowest BCUT2D eigenvalue weighted by atomic mass is 10.2. The number of nitrogens with zero attached hydrogens (tertiary/aromatic N) is 5. The number of aryl methyl sites for hydroxylation is 4. The Kier molecular flexibility index (Phi) is 5.18. The van der Waals surface area contributed by atoms with E-state index in [2.05, 4.69) is 4.98 Å². The minimum absolute atomic E-state index is 0.0108. The summed E-state index contributed by atoms with van der Waals surface area (Å²) in [6.45, 7) is 4.02. The fraction of sp³-hybridized carbons (Fsp3) is 0.280. The van der Waals surface area contributed by atoms with Crippen molar-refractivity contribution in [2.45, 2.75) is 44.0 Å². The molecule has 9 heteroatoms. The molecule has 0 N–H and O–H groups in total. The summed E-state index contributed by atoms with van der Waals surface area (Å²) >= 11 is 3.18. The van der Waals surface area contributed by atoms with Crippen LogP contribution in [0.1, 0.15) is 33.9 Å². The van der Waals surface area contributed by atoms with Gasteiger partial charge in [0.1, 0.15) is 10.6 Å². The van der Waals surface area contributed by atoms with Gasteiger partial charge in [-0.15, -0.1) is 11.3 Å². The van der Waals surface area contributed by atoms with Crippen molar-refractivity contribution in [3.8, 4) is 11.4 Å². The Labute approximate surface area is 204 Å². The van der Waals surface area contributed by atoms with E-state index in [1.54, 1.807) is 23.0 Å². The highest BCUT2D eigenvalue weighted by atomic mass is 32.2. The topological polar surface area (TPSA) is 74.3 Å². The van der Waals surface area contributed by atoms with E-state index >= 15 is 0 Å². The van der Waals surface area contributed by atoms with Gasteiger partial charge in [-0.25, -0.2) is 15.0 Å². The monoisotopic (exact) mass is 489 g/mol. The highest BCUT2D eigenvalue weighted by molar-refractivity contribution is 7.98. The Morgan fingerprint density at radius 3 is 2.88 bits per heavy atom. The minimum Gasteiger partial charge on any atom is -0.497 e. The summed E-state index contributed by atoms with van der Waals surface area (Å²) in [5.74, 6) is 1.97. The van der Waals surface area contributed by atoms with E-state index in [4.69, 9.17) is 14.7 Å². The lowest BCUT2D eigenvalue weighted by Gasteiger charge is -2.13. The Balaban J connectivity index is 1.47. The maximum Gasteiger partial charge on any atom is 0.267 e. The minimum atomic E-state index is -0.0108. The molecule has 0 bridgehead atoms. The van der Waals surface area contributed by atoms with Gasteiger partial charge in [0.05, 0.1) is 23.9 Å². The molecule has 0 atom stereocenters. The maximum atomic E-state index is 13.9. The molecule has 7 nitrogen and oxygen atoms in total. The SMILES string of the molecule is COc1cccc(-n2c(SCc3cn4c(C)cc(C)nc4n3)nc3sc4c(c3c2=O)CCC4)c1.